The van der Waals surface area contributed by atoms with E-state index in [4.69, 9.17) is 15.3 Å². The van der Waals surface area contributed by atoms with Gasteiger partial charge in [0.2, 0.25) is 0 Å². The standard InChI is InChI=1S/C14H16N4O2S/c15-18-14-8-16-10(7-17-14)9-21-11-2-3-12-13(6-11)20-5-1-4-19-12/h2-3,6-8H,1,4-5,9,15H2,(H,17,18). The molecule has 7 heteroatoms. The fraction of sp³-hybridized carbons (Fsp3) is 0.286. The van der Waals surface area contributed by atoms with Crippen molar-refractivity contribution < 1.29 is 9.47 Å². The smallest absolute Gasteiger partial charge is 0.162 e. The van der Waals surface area contributed by atoms with Gasteiger partial charge in [-0.2, -0.15) is 0 Å². The van der Waals surface area contributed by atoms with Gasteiger partial charge in [0.05, 0.1) is 31.3 Å². The summed E-state index contributed by atoms with van der Waals surface area (Å²) in [5, 5.41) is 0. The largest absolute Gasteiger partial charge is 0.490 e. The molecule has 6 nitrogen and oxygen atoms in total. The first-order valence-electron chi connectivity index (χ1n) is 6.65. The molecular formula is C14H16N4O2S. The summed E-state index contributed by atoms with van der Waals surface area (Å²) in [5.74, 6) is 8.17. The van der Waals surface area contributed by atoms with E-state index in [1.165, 1.54) is 0 Å². The summed E-state index contributed by atoms with van der Waals surface area (Å²) in [4.78, 5) is 9.53. The summed E-state index contributed by atoms with van der Waals surface area (Å²) in [7, 11) is 0. The number of thioether (sulfide) groups is 1. The summed E-state index contributed by atoms with van der Waals surface area (Å²) in [5.41, 5.74) is 3.35. The van der Waals surface area contributed by atoms with Gasteiger partial charge in [-0.3, -0.25) is 4.98 Å². The zero-order valence-corrected chi connectivity index (χ0v) is 12.2. The van der Waals surface area contributed by atoms with Crippen LogP contribution in [-0.2, 0) is 5.75 Å². The van der Waals surface area contributed by atoms with Crippen LogP contribution >= 0.6 is 11.8 Å². The van der Waals surface area contributed by atoms with E-state index in [1.807, 2.05) is 18.2 Å². The number of nitrogens with two attached hydrogens (primary N) is 1. The fourth-order valence-corrected chi connectivity index (χ4v) is 2.71. The maximum atomic E-state index is 5.68. The number of nitrogens with zero attached hydrogens (tertiary/aromatic N) is 2. The Morgan fingerprint density at radius 3 is 2.76 bits per heavy atom. The van der Waals surface area contributed by atoms with Crippen LogP contribution in [0.4, 0.5) is 5.82 Å². The summed E-state index contributed by atoms with van der Waals surface area (Å²) < 4.78 is 11.3. The molecule has 0 saturated carbocycles. The second kappa shape index (κ2) is 6.64. The van der Waals surface area contributed by atoms with Crippen molar-refractivity contribution in [1.82, 2.24) is 9.97 Å². The molecule has 110 valence electrons. The lowest BCUT2D eigenvalue weighted by Crippen LogP contribution is -2.08. The van der Waals surface area contributed by atoms with Gasteiger partial charge in [-0.15, -0.1) is 11.8 Å². The molecular weight excluding hydrogens is 288 g/mol. The van der Waals surface area contributed by atoms with Crippen molar-refractivity contribution in [3.63, 3.8) is 0 Å². The molecule has 2 aromatic rings. The van der Waals surface area contributed by atoms with E-state index in [0.717, 1.165) is 34.3 Å². The van der Waals surface area contributed by atoms with Crippen LogP contribution < -0.4 is 20.7 Å². The molecule has 0 amide bonds. The van der Waals surface area contributed by atoms with Crippen molar-refractivity contribution in [3.05, 3.63) is 36.3 Å². The lowest BCUT2D eigenvalue weighted by atomic mass is 10.3. The van der Waals surface area contributed by atoms with Crippen molar-refractivity contribution in [3.8, 4) is 11.5 Å². The highest BCUT2D eigenvalue weighted by molar-refractivity contribution is 7.98. The average Bonchev–Trinajstić information content (AvgIpc) is 2.78. The minimum absolute atomic E-state index is 0.555. The average molecular weight is 304 g/mol. The SMILES string of the molecule is NNc1cnc(CSc2ccc3c(c2)OCCCO3)cn1. The number of aromatic nitrogens is 2. The Labute approximate surface area is 127 Å². The number of ether oxygens (including phenoxy) is 2. The number of hydrogen-bond acceptors (Lipinski definition) is 7. The molecule has 1 aromatic heterocycles. The van der Waals surface area contributed by atoms with Gasteiger partial charge < -0.3 is 14.9 Å². The summed E-state index contributed by atoms with van der Waals surface area (Å²) in [6, 6.07) is 5.99. The van der Waals surface area contributed by atoms with Gasteiger partial charge in [0.25, 0.3) is 0 Å². The van der Waals surface area contributed by atoms with Crippen LogP contribution in [0.3, 0.4) is 0 Å². The minimum Gasteiger partial charge on any atom is -0.490 e. The molecule has 0 spiro atoms. The number of anilines is 1. The van der Waals surface area contributed by atoms with Crippen LogP contribution in [0.2, 0.25) is 0 Å². The van der Waals surface area contributed by atoms with Gasteiger partial charge in [-0.1, -0.05) is 0 Å². The zero-order chi connectivity index (χ0) is 14.5. The highest BCUT2D eigenvalue weighted by Gasteiger charge is 2.11. The highest BCUT2D eigenvalue weighted by Crippen LogP contribution is 2.34. The van der Waals surface area contributed by atoms with Crippen molar-refractivity contribution in [2.75, 3.05) is 18.6 Å². The van der Waals surface area contributed by atoms with E-state index in [9.17, 15) is 0 Å². The fourth-order valence-electron chi connectivity index (χ4n) is 1.89. The molecule has 0 radical (unpaired) electrons. The number of nitrogens with one attached hydrogen (secondary N) is 1. The molecule has 1 aliphatic heterocycles. The molecule has 3 rings (SSSR count). The molecule has 3 N–H and O–H groups in total. The van der Waals surface area contributed by atoms with Crippen LogP contribution in [-0.4, -0.2) is 23.2 Å². The van der Waals surface area contributed by atoms with Crippen LogP contribution in [0.15, 0.2) is 35.5 Å². The van der Waals surface area contributed by atoms with Crippen LogP contribution in [0.25, 0.3) is 0 Å². The topological polar surface area (TPSA) is 82.3 Å². The second-order valence-corrected chi connectivity index (χ2v) is 5.53. The lowest BCUT2D eigenvalue weighted by molar-refractivity contribution is 0.297. The maximum absolute atomic E-state index is 5.68. The Hall–Kier alpha value is -1.99. The number of hydrogen-bond donors (Lipinski definition) is 2. The molecule has 21 heavy (non-hydrogen) atoms. The van der Waals surface area contributed by atoms with E-state index >= 15 is 0 Å². The first-order valence-corrected chi connectivity index (χ1v) is 7.64. The summed E-state index contributed by atoms with van der Waals surface area (Å²) >= 11 is 1.68. The monoisotopic (exact) mass is 304 g/mol. The molecule has 0 bridgehead atoms. The van der Waals surface area contributed by atoms with E-state index in [0.29, 0.717) is 19.0 Å². The van der Waals surface area contributed by atoms with Gasteiger partial charge >= 0.3 is 0 Å². The Bertz CT molecular complexity index is 606. The Morgan fingerprint density at radius 1 is 1.14 bits per heavy atom. The lowest BCUT2D eigenvalue weighted by Gasteiger charge is -2.09. The molecule has 2 heterocycles. The van der Waals surface area contributed by atoms with Crippen LogP contribution in [0.1, 0.15) is 12.1 Å². The predicted octanol–water partition coefficient (Wildman–Crippen LogP) is 2.22. The van der Waals surface area contributed by atoms with Gasteiger partial charge in [-0.05, 0) is 18.2 Å². The zero-order valence-electron chi connectivity index (χ0n) is 11.4. The van der Waals surface area contributed by atoms with E-state index < -0.39 is 0 Å². The number of benzene rings is 1. The minimum atomic E-state index is 0.555. The Morgan fingerprint density at radius 2 is 2.00 bits per heavy atom. The highest BCUT2D eigenvalue weighted by atomic mass is 32.2. The maximum Gasteiger partial charge on any atom is 0.162 e. The van der Waals surface area contributed by atoms with Gasteiger partial charge in [-0.25, -0.2) is 10.8 Å². The molecule has 0 fully saturated rings. The second-order valence-electron chi connectivity index (χ2n) is 4.49. The summed E-state index contributed by atoms with van der Waals surface area (Å²) in [6.07, 6.45) is 4.24. The first kappa shape index (κ1) is 14.0. The Balaban J connectivity index is 1.66. The first-order chi connectivity index (χ1) is 10.3. The van der Waals surface area contributed by atoms with Gasteiger partial charge in [0.15, 0.2) is 17.3 Å². The molecule has 0 atom stereocenters. The van der Waals surface area contributed by atoms with Crippen molar-refractivity contribution in [1.29, 1.82) is 0 Å². The van der Waals surface area contributed by atoms with Crippen molar-refractivity contribution >= 4 is 17.6 Å². The normalized spacial score (nSPS) is 13.6. The van der Waals surface area contributed by atoms with E-state index in [2.05, 4.69) is 15.4 Å². The molecule has 0 aliphatic carbocycles. The third kappa shape index (κ3) is 3.56. The third-order valence-corrected chi connectivity index (χ3v) is 3.99. The van der Waals surface area contributed by atoms with Crippen molar-refractivity contribution in [2.45, 2.75) is 17.1 Å². The number of fused-ring (bicyclic) bond motifs is 1. The Kier molecular flexibility index (Phi) is 4.42. The van der Waals surface area contributed by atoms with E-state index in [1.54, 1.807) is 24.2 Å². The van der Waals surface area contributed by atoms with Crippen molar-refractivity contribution in [2.24, 2.45) is 5.84 Å². The number of nitrogen functional groups attached to an aromatic ring is 1. The van der Waals surface area contributed by atoms with Crippen LogP contribution in [0, 0.1) is 0 Å². The predicted molar refractivity (Wildman–Crippen MR) is 81.5 cm³/mol. The van der Waals surface area contributed by atoms with Gasteiger partial charge in [0, 0.05) is 17.1 Å². The molecule has 0 saturated heterocycles. The molecule has 0 unspecified atom stereocenters. The quantitative estimate of drug-likeness (QED) is 0.509. The number of hydrazine groups is 1. The van der Waals surface area contributed by atoms with Gasteiger partial charge in [0.1, 0.15) is 0 Å². The van der Waals surface area contributed by atoms with Crippen LogP contribution in [0.5, 0.6) is 11.5 Å². The van der Waals surface area contributed by atoms with E-state index in [-0.39, 0.29) is 0 Å². The third-order valence-electron chi connectivity index (χ3n) is 2.96. The molecule has 1 aromatic carbocycles. The number of rotatable bonds is 4. The summed E-state index contributed by atoms with van der Waals surface area (Å²) in [6.45, 7) is 1.40. The molecule has 1 aliphatic rings.